The van der Waals surface area contributed by atoms with E-state index in [9.17, 15) is 0 Å². The van der Waals surface area contributed by atoms with Gasteiger partial charge in [0.05, 0.1) is 11.2 Å². The van der Waals surface area contributed by atoms with E-state index in [0.717, 1.165) is 53.3 Å². The average molecular weight is 395 g/mol. The minimum atomic E-state index is 0. The first-order valence-corrected chi connectivity index (χ1v) is 9.51. The van der Waals surface area contributed by atoms with Crippen LogP contribution in [0.2, 0.25) is 0 Å². The quantitative estimate of drug-likeness (QED) is 0.487. The van der Waals surface area contributed by atoms with E-state index in [1.807, 2.05) is 12.3 Å². The summed E-state index contributed by atoms with van der Waals surface area (Å²) >= 11 is 0. The minimum absolute atomic E-state index is 0. The molecule has 0 unspecified atom stereocenters. The van der Waals surface area contributed by atoms with Gasteiger partial charge < -0.3 is 15.6 Å². The van der Waals surface area contributed by atoms with Gasteiger partial charge in [0.2, 0.25) is 0 Å². The van der Waals surface area contributed by atoms with Gasteiger partial charge in [-0.15, -0.1) is 12.4 Å². The third-order valence-corrected chi connectivity index (χ3v) is 5.26. The highest BCUT2D eigenvalue weighted by Gasteiger charge is 2.15. The number of aromatic amines is 1. The van der Waals surface area contributed by atoms with Crippen LogP contribution in [0.4, 0.5) is 5.82 Å². The Morgan fingerprint density at radius 2 is 2.04 bits per heavy atom. The number of nitrogens with one attached hydrogen (secondary N) is 3. The van der Waals surface area contributed by atoms with Crippen molar-refractivity contribution in [1.29, 1.82) is 0 Å². The number of fused-ring (bicyclic) bond motifs is 2. The van der Waals surface area contributed by atoms with Crippen molar-refractivity contribution in [3.8, 4) is 11.3 Å². The van der Waals surface area contributed by atoms with Crippen molar-refractivity contribution in [2.45, 2.75) is 12.8 Å². The van der Waals surface area contributed by atoms with Crippen LogP contribution in [0.25, 0.3) is 33.2 Å². The van der Waals surface area contributed by atoms with E-state index in [4.69, 9.17) is 4.98 Å². The largest absolute Gasteiger partial charge is 0.368 e. The lowest BCUT2D eigenvalue weighted by Crippen LogP contribution is -2.33. The summed E-state index contributed by atoms with van der Waals surface area (Å²) in [7, 11) is 0. The van der Waals surface area contributed by atoms with Crippen molar-refractivity contribution in [1.82, 2.24) is 25.3 Å². The van der Waals surface area contributed by atoms with Crippen LogP contribution in [0.1, 0.15) is 12.8 Å². The Morgan fingerprint density at radius 1 is 1.11 bits per heavy atom. The molecule has 4 heterocycles. The van der Waals surface area contributed by atoms with Gasteiger partial charge in [-0.3, -0.25) is 4.98 Å². The minimum Gasteiger partial charge on any atom is -0.368 e. The SMILES string of the molecule is Cl.c1cnc2c(NC[C@H]3CCCNC3)nc(-c3ccc4[nH]ccc4c3)cc2n1. The number of hydrogen-bond donors (Lipinski definition) is 3. The summed E-state index contributed by atoms with van der Waals surface area (Å²) in [6.45, 7) is 3.08. The molecule has 0 saturated carbocycles. The van der Waals surface area contributed by atoms with E-state index in [2.05, 4.69) is 49.9 Å². The summed E-state index contributed by atoms with van der Waals surface area (Å²) in [5.74, 6) is 1.43. The standard InChI is InChI=1S/C21H22N6.ClH/c1-2-14(12-22-6-1)13-26-21-20-19(24-8-9-25-20)11-18(27-21)15-3-4-17-16(10-15)5-7-23-17;/h3-5,7-11,14,22-23H,1-2,6,12-13H2,(H,26,27);1H/t14-;/m0./s1. The fourth-order valence-electron chi connectivity index (χ4n) is 3.80. The molecule has 6 nitrogen and oxygen atoms in total. The number of pyridine rings is 1. The summed E-state index contributed by atoms with van der Waals surface area (Å²) in [6.07, 6.45) is 7.89. The molecule has 4 aromatic rings. The molecule has 3 aromatic heterocycles. The second-order valence-electron chi connectivity index (χ2n) is 7.15. The van der Waals surface area contributed by atoms with Gasteiger partial charge in [0.25, 0.3) is 0 Å². The molecule has 0 aliphatic carbocycles. The van der Waals surface area contributed by atoms with E-state index < -0.39 is 0 Å². The lowest BCUT2D eigenvalue weighted by Gasteiger charge is -2.23. The van der Waals surface area contributed by atoms with E-state index >= 15 is 0 Å². The fourth-order valence-corrected chi connectivity index (χ4v) is 3.80. The molecule has 1 fully saturated rings. The van der Waals surface area contributed by atoms with Crippen LogP contribution in [0.5, 0.6) is 0 Å². The van der Waals surface area contributed by atoms with Crippen LogP contribution in [-0.2, 0) is 0 Å². The van der Waals surface area contributed by atoms with E-state index in [0.29, 0.717) is 5.92 Å². The first-order valence-electron chi connectivity index (χ1n) is 9.51. The van der Waals surface area contributed by atoms with Crippen molar-refractivity contribution in [2.24, 2.45) is 5.92 Å². The summed E-state index contributed by atoms with van der Waals surface area (Å²) < 4.78 is 0. The Hall–Kier alpha value is -2.70. The molecule has 1 aliphatic rings. The van der Waals surface area contributed by atoms with Crippen molar-refractivity contribution >= 4 is 40.2 Å². The lowest BCUT2D eigenvalue weighted by molar-refractivity contribution is 0.392. The highest BCUT2D eigenvalue weighted by atomic mass is 35.5. The van der Waals surface area contributed by atoms with Gasteiger partial charge in [-0.05, 0) is 56.1 Å². The second kappa shape index (κ2) is 8.12. The van der Waals surface area contributed by atoms with E-state index in [-0.39, 0.29) is 12.4 Å². The van der Waals surface area contributed by atoms with Gasteiger partial charge in [0, 0.05) is 41.6 Å². The Morgan fingerprint density at radius 3 is 2.93 bits per heavy atom. The molecule has 1 saturated heterocycles. The first-order chi connectivity index (χ1) is 13.4. The molecule has 7 heteroatoms. The predicted molar refractivity (Wildman–Crippen MR) is 116 cm³/mol. The van der Waals surface area contributed by atoms with Crippen molar-refractivity contribution in [3.05, 3.63) is 48.9 Å². The molecular formula is C21H23ClN6. The first kappa shape index (κ1) is 18.7. The molecule has 1 aromatic carbocycles. The number of nitrogens with zero attached hydrogens (tertiary/aromatic N) is 3. The Balaban J connectivity index is 0.00000192. The Kier molecular flexibility index (Phi) is 5.41. The van der Waals surface area contributed by atoms with E-state index in [1.54, 1.807) is 12.4 Å². The summed E-state index contributed by atoms with van der Waals surface area (Å²) in [4.78, 5) is 17.2. The third kappa shape index (κ3) is 3.66. The number of benzene rings is 1. The molecular weight excluding hydrogens is 372 g/mol. The second-order valence-corrected chi connectivity index (χ2v) is 7.15. The van der Waals surface area contributed by atoms with Crippen LogP contribution in [0, 0.1) is 5.92 Å². The number of aromatic nitrogens is 4. The molecule has 144 valence electrons. The van der Waals surface area contributed by atoms with Crippen molar-refractivity contribution < 1.29 is 0 Å². The topological polar surface area (TPSA) is 78.5 Å². The van der Waals surface area contributed by atoms with Gasteiger partial charge in [-0.25, -0.2) is 9.97 Å². The average Bonchev–Trinajstić information content (AvgIpc) is 3.20. The molecule has 0 amide bonds. The fraction of sp³-hybridized carbons (Fsp3) is 0.286. The number of halogens is 1. The Bertz CT molecular complexity index is 1090. The van der Waals surface area contributed by atoms with Crippen LogP contribution in [0.15, 0.2) is 48.9 Å². The highest BCUT2D eigenvalue weighted by Crippen LogP contribution is 2.28. The molecule has 3 N–H and O–H groups in total. The summed E-state index contributed by atoms with van der Waals surface area (Å²) in [5, 5.41) is 8.19. The maximum Gasteiger partial charge on any atom is 0.154 e. The molecule has 0 spiro atoms. The molecule has 1 atom stereocenters. The molecule has 5 rings (SSSR count). The van der Waals surface area contributed by atoms with Crippen molar-refractivity contribution in [2.75, 3.05) is 25.0 Å². The normalized spacial score (nSPS) is 16.8. The molecule has 0 radical (unpaired) electrons. The van der Waals surface area contributed by atoms with Crippen molar-refractivity contribution in [3.63, 3.8) is 0 Å². The zero-order valence-electron chi connectivity index (χ0n) is 15.5. The smallest absolute Gasteiger partial charge is 0.154 e. The van der Waals surface area contributed by atoms with Crippen LogP contribution in [0.3, 0.4) is 0 Å². The van der Waals surface area contributed by atoms with Crippen LogP contribution >= 0.6 is 12.4 Å². The number of piperidine rings is 1. The number of rotatable bonds is 4. The number of anilines is 1. The van der Waals surface area contributed by atoms with E-state index in [1.165, 1.54) is 18.2 Å². The van der Waals surface area contributed by atoms with Crippen LogP contribution < -0.4 is 10.6 Å². The molecule has 0 bridgehead atoms. The van der Waals surface area contributed by atoms with Gasteiger partial charge in [0.15, 0.2) is 5.82 Å². The van der Waals surface area contributed by atoms with Crippen LogP contribution in [-0.4, -0.2) is 39.6 Å². The van der Waals surface area contributed by atoms with Gasteiger partial charge in [-0.1, -0.05) is 6.07 Å². The zero-order chi connectivity index (χ0) is 18.1. The molecule has 28 heavy (non-hydrogen) atoms. The summed E-state index contributed by atoms with van der Waals surface area (Å²) in [5.41, 5.74) is 4.81. The predicted octanol–water partition coefficient (Wildman–Crippen LogP) is 4.01. The Labute approximate surface area is 169 Å². The third-order valence-electron chi connectivity index (χ3n) is 5.26. The maximum atomic E-state index is 4.90. The number of hydrogen-bond acceptors (Lipinski definition) is 5. The lowest BCUT2D eigenvalue weighted by atomic mass is 10.00. The zero-order valence-corrected chi connectivity index (χ0v) is 16.3. The summed E-state index contributed by atoms with van der Waals surface area (Å²) in [6, 6.07) is 10.4. The van der Waals surface area contributed by atoms with Gasteiger partial charge in [-0.2, -0.15) is 0 Å². The number of H-pyrrole nitrogens is 1. The van der Waals surface area contributed by atoms with Gasteiger partial charge >= 0.3 is 0 Å². The molecule has 1 aliphatic heterocycles. The highest BCUT2D eigenvalue weighted by molar-refractivity contribution is 5.90. The monoisotopic (exact) mass is 394 g/mol. The maximum absolute atomic E-state index is 4.90. The van der Waals surface area contributed by atoms with Gasteiger partial charge in [0.1, 0.15) is 5.52 Å².